The van der Waals surface area contributed by atoms with Gasteiger partial charge in [-0.3, -0.25) is 0 Å². The van der Waals surface area contributed by atoms with Crippen LogP contribution in [0.25, 0.3) is 0 Å². The third-order valence-electron chi connectivity index (χ3n) is 3.27. The van der Waals surface area contributed by atoms with Gasteiger partial charge in [0, 0.05) is 0 Å². The Balaban J connectivity index is 2.49. The maximum Gasteiger partial charge on any atom is 0.338 e. The predicted molar refractivity (Wildman–Crippen MR) is 92.7 cm³/mol. The Labute approximate surface area is 150 Å². The standard InChI is InChI=1S/C15H16Br2N2O4/c1-3-23-14(20)10-11(8-4-6-9(22-2)7-5-8)18-15(21)19-12(10)13(16)17/h4-7,11,13H,3H2,1-2H3,(H2,18,19,21). The van der Waals surface area contributed by atoms with Crippen LogP contribution in [0, 0.1) is 0 Å². The Bertz CT molecular complexity index is 629. The molecule has 8 heteroatoms. The summed E-state index contributed by atoms with van der Waals surface area (Å²) in [5, 5.41) is 5.39. The zero-order valence-corrected chi connectivity index (χ0v) is 15.7. The molecule has 23 heavy (non-hydrogen) atoms. The van der Waals surface area contributed by atoms with Gasteiger partial charge in [-0.05, 0) is 24.6 Å². The van der Waals surface area contributed by atoms with E-state index in [0.29, 0.717) is 17.0 Å². The summed E-state index contributed by atoms with van der Waals surface area (Å²) in [5.74, 6) is 0.203. The van der Waals surface area contributed by atoms with Gasteiger partial charge in [-0.2, -0.15) is 0 Å². The minimum absolute atomic E-state index is 0.244. The number of alkyl halides is 2. The quantitative estimate of drug-likeness (QED) is 0.537. The van der Waals surface area contributed by atoms with Crippen LogP contribution in [0.3, 0.4) is 0 Å². The van der Waals surface area contributed by atoms with Crippen molar-refractivity contribution >= 4 is 43.9 Å². The molecule has 0 bridgehead atoms. The topological polar surface area (TPSA) is 76.7 Å². The Kier molecular flexibility index (Phi) is 6.06. The lowest BCUT2D eigenvalue weighted by atomic mass is 9.95. The molecule has 0 saturated heterocycles. The second-order valence-corrected chi connectivity index (χ2v) is 7.71. The fraction of sp³-hybridized carbons (Fsp3) is 0.333. The van der Waals surface area contributed by atoms with E-state index in [-0.39, 0.29) is 10.3 Å². The van der Waals surface area contributed by atoms with Gasteiger partial charge in [0.25, 0.3) is 0 Å². The molecular weight excluding hydrogens is 432 g/mol. The molecule has 6 nitrogen and oxygen atoms in total. The average molecular weight is 448 g/mol. The van der Waals surface area contributed by atoms with Crippen molar-refractivity contribution in [3.8, 4) is 5.75 Å². The molecule has 0 saturated carbocycles. The number of carbonyl (C=O) groups excluding carboxylic acids is 2. The van der Waals surface area contributed by atoms with Crippen molar-refractivity contribution in [2.24, 2.45) is 0 Å². The van der Waals surface area contributed by atoms with E-state index in [1.807, 2.05) is 0 Å². The lowest BCUT2D eigenvalue weighted by Gasteiger charge is -2.30. The van der Waals surface area contributed by atoms with E-state index in [1.165, 1.54) is 0 Å². The maximum absolute atomic E-state index is 12.4. The van der Waals surface area contributed by atoms with E-state index in [4.69, 9.17) is 9.47 Å². The number of hydrogen-bond donors (Lipinski definition) is 2. The highest BCUT2D eigenvalue weighted by molar-refractivity contribution is 9.24. The highest BCUT2D eigenvalue weighted by Crippen LogP contribution is 2.33. The van der Waals surface area contributed by atoms with Gasteiger partial charge in [0.15, 0.2) is 0 Å². The second kappa shape index (κ2) is 7.83. The molecule has 1 aliphatic rings. The van der Waals surface area contributed by atoms with Crippen molar-refractivity contribution in [2.75, 3.05) is 13.7 Å². The summed E-state index contributed by atoms with van der Waals surface area (Å²) < 4.78 is 9.88. The van der Waals surface area contributed by atoms with E-state index in [2.05, 4.69) is 42.5 Å². The molecule has 2 N–H and O–H groups in total. The van der Waals surface area contributed by atoms with Gasteiger partial charge in [0.1, 0.15) is 9.49 Å². The van der Waals surface area contributed by atoms with Crippen LogP contribution in [0.2, 0.25) is 0 Å². The molecule has 1 aromatic carbocycles. The molecule has 0 aromatic heterocycles. The van der Waals surface area contributed by atoms with Gasteiger partial charge in [-0.15, -0.1) is 0 Å². The first-order valence-electron chi connectivity index (χ1n) is 6.88. The predicted octanol–water partition coefficient (Wildman–Crippen LogP) is 2.98. The first kappa shape index (κ1) is 17.8. The van der Waals surface area contributed by atoms with Gasteiger partial charge in [0.05, 0.1) is 31.0 Å². The van der Waals surface area contributed by atoms with E-state index >= 15 is 0 Å². The van der Waals surface area contributed by atoms with E-state index in [9.17, 15) is 9.59 Å². The smallest absolute Gasteiger partial charge is 0.338 e. The summed E-state index contributed by atoms with van der Waals surface area (Å²) in [6.45, 7) is 1.98. The van der Waals surface area contributed by atoms with Crippen LogP contribution in [0.1, 0.15) is 18.5 Å². The van der Waals surface area contributed by atoms with Crippen molar-refractivity contribution in [3.63, 3.8) is 0 Å². The summed E-state index contributed by atoms with van der Waals surface area (Å²) in [6.07, 6.45) is 0. The summed E-state index contributed by atoms with van der Waals surface area (Å²) in [6, 6.07) is 6.13. The minimum atomic E-state index is -0.610. The van der Waals surface area contributed by atoms with E-state index in [0.717, 1.165) is 5.56 Å². The third-order valence-corrected chi connectivity index (χ3v) is 4.18. The molecule has 1 heterocycles. The molecule has 0 radical (unpaired) electrons. The van der Waals surface area contributed by atoms with Crippen molar-refractivity contribution in [1.82, 2.24) is 10.6 Å². The SMILES string of the molecule is CCOC(=O)C1=C(C(Br)Br)NC(=O)NC1c1ccc(OC)cc1. The maximum atomic E-state index is 12.4. The number of esters is 1. The fourth-order valence-corrected chi connectivity index (χ4v) is 2.96. The zero-order valence-electron chi connectivity index (χ0n) is 12.6. The van der Waals surface area contributed by atoms with Crippen LogP contribution in [-0.4, -0.2) is 29.5 Å². The number of benzene rings is 1. The molecule has 1 unspecified atom stereocenters. The van der Waals surface area contributed by atoms with Gasteiger partial charge in [-0.25, -0.2) is 9.59 Å². The van der Waals surface area contributed by atoms with Crippen LogP contribution < -0.4 is 15.4 Å². The molecule has 0 aliphatic carbocycles. The molecule has 1 aliphatic heterocycles. The van der Waals surface area contributed by atoms with Gasteiger partial charge >= 0.3 is 12.0 Å². The van der Waals surface area contributed by atoms with Crippen LogP contribution in [0.15, 0.2) is 35.5 Å². The van der Waals surface area contributed by atoms with Crippen LogP contribution in [-0.2, 0) is 9.53 Å². The molecular formula is C15H16Br2N2O4. The first-order valence-corrected chi connectivity index (χ1v) is 8.71. The van der Waals surface area contributed by atoms with Crippen LogP contribution in [0.4, 0.5) is 4.79 Å². The number of rotatable bonds is 5. The zero-order chi connectivity index (χ0) is 17.0. The van der Waals surface area contributed by atoms with Crippen molar-refractivity contribution in [3.05, 3.63) is 41.1 Å². The van der Waals surface area contributed by atoms with Crippen molar-refractivity contribution < 1.29 is 19.1 Å². The number of amides is 2. The van der Waals surface area contributed by atoms with Crippen molar-refractivity contribution in [1.29, 1.82) is 0 Å². The molecule has 0 fully saturated rings. The summed E-state index contributed by atoms with van der Waals surface area (Å²) >= 11 is 6.67. The number of hydrogen-bond acceptors (Lipinski definition) is 4. The molecule has 1 aromatic rings. The summed E-state index contributed by atoms with van der Waals surface area (Å²) in [7, 11) is 1.57. The number of halogens is 2. The Morgan fingerprint density at radius 1 is 1.30 bits per heavy atom. The molecule has 2 rings (SSSR count). The molecule has 0 spiro atoms. The Morgan fingerprint density at radius 2 is 1.96 bits per heavy atom. The lowest BCUT2D eigenvalue weighted by Crippen LogP contribution is -2.47. The summed E-state index contributed by atoms with van der Waals surface area (Å²) in [4.78, 5) is 24.3. The fourth-order valence-electron chi connectivity index (χ4n) is 2.24. The Hall–Kier alpha value is -1.54. The molecule has 1 atom stereocenters. The second-order valence-electron chi connectivity index (χ2n) is 4.65. The van der Waals surface area contributed by atoms with Crippen LogP contribution >= 0.6 is 31.9 Å². The number of carbonyl (C=O) groups is 2. The highest BCUT2D eigenvalue weighted by atomic mass is 79.9. The van der Waals surface area contributed by atoms with Crippen LogP contribution in [0.5, 0.6) is 5.75 Å². The molecule has 2 amide bonds. The Morgan fingerprint density at radius 3 is 2.48 bits per heavy atom. The minimum Gasteiger partial charge on any atom is -0.497 e. The first-order chi connectivity index (χ1) is 11.0. The van der Waals surface area contributed by atoms with Gasteiger partial charge in [-0.1, -0.05) is 44.0 Å². The lowest BCUT2D eigenvalue weighted by molar-refractivity contribution is -0.139. The number of methoxy groups -OCH3 is 1. The highest BCUT2D eigenvalue weighted by Gasteiger charge is 2.35. The van der Waals surface area contributed by atoms with Gasteiger partial charge in [0.2, 0.25) is 0 Å². The number of urea groups is 1. The monoisotopic (exact) mass is 446 g/mol. The van der Waals surface area contributed by atoms with Gasteiger partial charge < -0.3 is 20.1 Å². The summed E-state index contributed by atoms with van der Waals surface area (Å²) in [5.41, 5.74) is 1.52. The van der Waals surface area contributed by atoms with E-state index < -0.39 is 18.0 Å². The normalized spacial score (nSPS) is 17.6. The number of ether oxygens (including phenoxy) is 2. The number of nitrogens with one attached hydrogen (secondary N) is 2. The van der Waals surface area contributed by atoms with Crippen molar-refractivity contribution in [2.45, 2.75) is 16.7 Å². The van der Waals surface area contributed by atoms with E-state index in [1.54, 1.807) is 38.3 Å². The number of allylic oxidation sites excluding steroid dienone is 1. The largest absolute Gasteiger partial charge is 0.497 e. The third kappa shape index (κ3) is 4.06. The average Bonchev–Trinajstić information content (AvgIpc) is 2.54. The molecule has 124 valence electrons.